The maximum Gasteiger partial charge on any atom is 0.225 e. The second-order valence-corrected chi connectivity index (χ2v) is 7.93. The first-order valence-corrected chi connectivity index (χ1v) is 9.81. The SMILES string of the molecule is CN(CC1CCN(Cc2ccccc2)CC1)C(=O)C1CCC(O)CC1. The molecule has 1 aromatic rings. The van der Waals surface area contributed by atoms with Gasteiger partial charge in [-0.05, 0) is 63.1 Å². The third kappa shape index (κ3) is 5.29. The lowest BCUT2D eigenvalue weighted by Gasteiger charge is -2.35. The van der Waals surface area contributed by atoms with Crippen molar-refractivity contribution in [1.82, 2.24) is 9.80 Å². The standard InChI is InChI=1S/C21H32N2O2/c1-22(21(25)19-7-9-20(24)10-8-19)15-18-11-13-23(14-12-18)16-17-5-3-2-4-6-17/h2-6,18-20,24H,7-16H2,1H3. The first-order valence-electron chi connectivity index (χ1n) is 9.81. The Morgan fingerprint density at radius 2 is 1.72 bits per heavy atom. The van der Waals surface area contributed by atoms with Crippen LogP contribution in [-0.4, -0.2) is 53.6 Å². The van der Waals surface area contributed by atoms with Crippen LogP contribution in [0.5, 0.6) is 0 Å². The minimum Gasteiger partial charge on any atom is -0.393 e. The predicted molar refractivity (Wildman–Crippen MR) is 100 cm³/mol. The van der Waals surface area contributed by atoms with Gasteiger partial charge >= 0.3 is 0 Å². The molecule has 4 heteroatoms. The average molecular weight is 344 g/mol. The Kier molecular flexibility index (Phi) is 6.49. The molecule has 1 heterocycles. The van der Waals surface area contributed by atoms with E-state index in [0.29, 0.717) is 11.8 Å². The normalized spacial score (nSPS) is 25.7. The second-order valence-electron chi connectivity index (χ2n) is 7.93. The van der Waals surface area contributed by atoms with Crippen molar-refractivity contribution < 1.29 is 9.90 Å². The van der Waals surface area contributed by atoms with Crippen molar-refractivity contribution in [2.45, 2.75) is 51.2 Å². The monoisotopic (exact) mass is 344 g/mol. The van der Waals surface area contributed by atoms with Crippen molar-refractivity contribution in [1.29, 1.82) is 0 Å². The fourth-order valence-electron chi connectivity index (χ4n) is 4.28. The molecular formula is C21H32N2O2. The zero-order valence-corrected chi connectivity index (χ0v) is 15.4. The summed E-state index contributed by atoms with van der Waals surface area (Å²) < 4.78 is 0. The molecule has 1 aliphatic carbocycles. The summed E-state index contributed by atoms with van der Waals surface area (Å²) >= 11 is 0. The van der Waals surface area contributed by atoms with Crippen molar-refractivity contribution in [3.05, 3.63) is 35.9 Å². The highest BCUT2D eigenvalue weighted by atomic mass is 16.3. The predicted octanol–water partition coefficient (Wildman–Crippen LogP) is 2.91. The number of aliphatic hydroxyl groups excluding tert-OH is 1. The minimum absolute atomic E-state index is 0.131. The Labute approximate surface area is 151 Å². The highest BCUT2D eigenvalue weighted by Crippen LogP contribution is 2.27. The van der Waals surface area contributed by atoms with E-state index in [1.165, 1.54) is 18.4 Å². The van der Waals surface area contributed by atoms with Gasteiger partial charge in [-0.3, -0.25) is 9.69 Å². The summed E-state index contributed by atoms with van der Waals surface area (Å²) in [5.74, 6) is 1.04. The van der Waals surface area contributed by atoms with Gasteiger partial charge in [0.25, 0.3) is 0 Å². The van der Waals surface area contributed by atoms with Crippen molar-refractivity contribution in [3.63, 3.8) is 0 Å². The molecule has 25 heavy (non-hydrogen) atoms. The summed E-state index contributed by atoms with van der Waals surface area (Å²) in [5.41, 5.74) is 1.38. The molecule has 138 valence electrons. The Hall–Kier alpha value is -1.39. The van der Waals surface area contributed by atoms with E-state index in [2.05, 4.69) is 35.2 Å². The van der Waals surface area contributed by atoms with Crippen LogP contribution < -0.4 is 0 Å². The zero-order valence-electron chi connectivity index (χ0n) is 15.4. The molecule has 1 amide bonds. The van der Waals surface area contributed by atoms with Gasteiger partial charge in [0.15, 0.2) is 0 Å². The molecule has 2 fully saturated rings. The molecule has 1 saturated heterocycles. The van der Waals surface area contributed by atoms with Gasteiger partial charge in [-0.25, -0.2) is 0 Å². The van der Waals surface area contributed by atoms with E-state index in [9.17, 15) is 9.90 Å². The van der Waals surface area contributed by atoms with Crippen molar-refractivity contribution in [2.24, 2.45) is 11.8 Å². The third-order valence-corrected chi connectivity index (χ3v) is 5.91. The summed E-state index contributed by atoms with van der Waals surface area (Å²) in [6.45, 7) is 4.16. The fraction of sp³-hybridized carbons (Fsp3) is 0.667. The number of carbonyl (C=O) groups is 1. The number of benzene rings is 1. The zero-order chi connectivity index (χ0) is 17.6. The lowest BCUT2D eigenvalue weighted by Crippen LogP contribution is -2.41. The summed E-state index contributed by atoms with van der Waals surface area (Å²) in [6.07, 6.45) is 5.41. The van der Waals surface area contributed by atoms with Crippen LogP contribution >= 0.6 is 0 Å². The maximum atomic E-state index is 12.6. The molecule has 0 radical (unpaired) electrons. The van der Waals surface area contributed by atoms with E-state index < -0.39 is 0 Å². The Morgan fingerprint density at radius 3 is 2.36 bits per heavy atom. The van der Waals surface area contributed by atoms with Crippen LogP contribution in [0.4, 0.5) is 0 Å². The Balaban J connectivity index is 1.40. The molecule has 1 aliphatic heterocycles. The second kappa shape index (κ2) is 8.81. The number of carbonyl (C=O) groups excluding carboxylic acids is 1. The minimum atomic E-state index is -0.191. The van der Waals surface area contributed by atoms with Crippen LogP contribution in [0, 0.1) is 11.8 Å². The maximum absolute atomic E-state index is 12.6. The molecule has 0 unspecified atom stereocenters. The number of piperidine rings is 1. The van der Waals surface area contributed by atoms with Gasteiger partial charge in [0.2, 0.25) is 5.91 Å². The summed E-state index contributed by atoms with van der Waals surface area (Å²) in [7, 11) is 1.96. The summed E-state index contributed by atoms with van der Waals surface area (Å²) in [5, 5.41) is 9.61. The lowest BCUT2D eigenvalue weighted by molar-refractivity contribution is -0.136. The lowest BCUT2D eigenvalue weighted by atomic mass is 9.86. The van der Waals surface area contributed by atoms with E-state index in [-0.39, 0.29) is 12.0 Å². The summed E-state index contributed by atoms with van der Waals surface area (Å²) in [6, 6.07) is 10.7. The number of hydrogen-bond acceptors (Lipinski definition) is 3. The summed E-state index contributed by atoms with van der Waals surface area (Å²) in [4.78, 5) is 17.1. The first kappa shape index (κ1) is 18.4. The molecule has 4 nitrogen and oxygen atoms in total. The number of aliphatic hydroxyl groups is 1. The van der Waals surface area contributed by atoms with Gasteiger partial charge in [0.05, 0.1) is 6.10 Å². The highest BCUT2D eigenvalue weighted by molar-refractivity contribution is 5.78. The topological polar surface area (TPSA) is 43.8 Å². The van der Waals surface area contributed by atoms with Gasteiger partial charge in [0.1, 0.15) is 0 Å². The molecule has 0 aromatic heterocycles. The van der Waals surface area contributed by atoms with Gasteiger partial charge in [-0.15, -0.1) is 0 Å². The van der Waals surface area contributed by atoms with E-state index >= 15 is 0 Å². The highest BCUT2D eigenvalue weighted by Gasteiger charge is 2.29. The van der Waals surface area contributed by atoms with E-state index in [1.54, 1.807) is 0 Å². The number of likely N-dealkylation sites (tertiary alicyclic amines) is 1. The van der Waals surface area contributed by atoms with Crippen LogP contribution in [0.25, 0.3) is 0 Å². The average Bonchev–Trinajstić information content (AvgIpc) is 2.64. The quantitative estimate of drug-likeness (QED) is 0.893. The molecule has 0 bridgehead atoms. The van der Waals surface area contributed by atoms with Crippen LogP contribution in [-0.2, 0) is 11.3 Å². The molecule has 0 spiro atoms. The Morgan fingerprint density at radius 1 is 1.08 bits per heavy atom. The van der Waals surface area contributed by atoms with Gasteiger partial charge < -0.3 is 10.0 Å². The number of nitrogens with zero attached hydrogens (tertiary/aromatic N) is 2. The third-order valence-electron chi connectivity index (χ3n) is 5.91. The van der Waals surface area contributed by atoms with Crippen LogP contribution in [0.1, 0.15) is 44.1 Å². The van der Waals surface area contributed by atoms with Gasteiger partial charge in [-0.2, -0.15) is 0 Å². The number of hydrogen-bond donors (Lipinski definition) is 1. The van der Waals surface area contributed by atoms with Crippen molar-refractivity contribution in [2.75, 3.05) is 26.7 Å². The van der Waals surface area contributed by atoms with Crippen molar-refractivity contribution in [3.8, 4) is 0 Å². The Bertz CT molecular complexity index is 532. The fourth-order valence-corrected chi connectivity index (χ4v) is 4.28. The van der Waals surface area contributed by atoms with E-state index in [0.717, 1.165) is 51.9 Å². The van der Waals surface area contributed by atoms with E-state index in [4.69, 9.17) is 0 Å². The van der Waals surface area contributed by atoms with Gasteiger partial charge in [-0.1, -0.05) is 30.3 Å². The number of amides is 1. The van der Waals surface area contributed by atoms with E-state index in [1.807, 2.05) is 11.9 Å². The molecule has 3 rings (SSSR count). The van der Waals surface area contributed by atoms with Crippen LogP contribution in [0.2, 0.25) is 0 Å². The smallest absolute Gasteiger partial charge is 0.225 e. The molecule has 0 atom stereocenters. The molecular weight excluding hydrogens is 312 g/mol. The number of rotatable bonds is 5. The largest absolute Gasteiger partial charge is 0.393 e. The molecule has 1 N–H and O–H groups in total. The molecule has 1 aromatic carbocycles. The van der Waals surface area contributed by atoms with Crippen LogP contribution in [0.3, 0.4) is 0 Å². The van der Waals surface area contributed by atoms with Crippen LogP contribution in [0.15, 0.2) is 30.3 Å². The van der Waals surface area contributed by atoms with Crippen molar-refractivity contribution >= 4 is 5.91 Å². The first-order chi connectivity index (χ1) is 12.1. The molecule has 1 saturated carbocycles. The molecule has 2 aliphatic rings. The van der Waals surface area contributed by atoms with Gasteiger partial charge in [0, 0.05) is 26.1 Å².